The van der Waals surface area contributed by atoms with Gasteiger partial charge in [-0.05, 0) is 73.5 Å². The van der Waals surface area contributed by atoms with Crippen LogP contribution < -0.4 is 19.1 Å². The number of methoxy groups -OCH3 is 1. The summed E-state index contributed by atoms with van der Waals surface area (Å²) >= 11 is 1.23. The number of carbonyl (C=O) groups excluding carboxylic acids is 2. The number of ketones is 1. The number of Topliss-reactive ketones (excluding diaryl/α,β-unsaturated/α-hetero) is 1. The Kier molecular flexibility index (Phi) is 6.34. The van der Waals surface area contributed by atoms with Crippen LogP contribution in [-0.2, 0) is 16.0 Å². The molecule has 2 aliphatic rings. The number of amides is 1. The number of thiazole rings is 1. The van der Waals surface area contributed by atoms with Gasteiger partial charge in [0.15, 0.2) is 16.6 Å². The molecule has 3 aromatic carbocycles. The van der Waals surface area contributed by atoms with Crippen LogP contribution in [0, 0.1) is 0 Å². The number of ether oxygens (including phenoxy) is 3. The first-order valence-electron chi connectivity index (χ1n) is 12.8. The van der Waals surface area contributed by atoms with Gasteiger partial charge in [0.05, 0.1) is 35.5 Å². The summed E-state index contributed by atoms with van der Waals surface area (Å²) in [5.74, 6) is -0.480. The first-order chi connectivity index (χ1) is 19.3. The van der Waals surface area contributed by atoms with E-state index in [4.69, 9.17) is 14.2 Å². The molecule has 0 aliphatic carbocycles. The highest BCUT2D eigenvalue weighted by Crippen LogP contribution is 2.46. The van der Waals surface area contributed by atoms with Crippen molar-refractivity contribution in [3.8, 4) is 23.0 Å². The summed E-state index contributed by atoms with van der Waals surface area (Å²) in [6, 6.07) is 14.2. The van der Waals surface area contributed by atoms with E-state index in [0.29, 0.717) is 35.4 Å². The molecule has 1 fully saturated rings. The third kappa shape index (κ3) is 4.21. The molecule has 1 aromatic heterocycles. The van der Waals surface area contributed by atoms with Crippen molar-refractivity contribution in [2.75, 3.05) is 18.6 Å². The number of phenols is 1. The molecule has 0 saturated carbocycles. The third-order valence-electron chi connectivity index (χ3n) is 7.00. The van der Waals surface area contributed by atoms with Crippen LogP contribution in [0.25, 0.3) is 16.0 Å². The van der Waals surface area contributed by atoms with E-state index in [1.165, 1.54) is 22.3 Å². The van der Waals surface area contributed by atoms with Gasteiger partial charge >= 0.3 is 5.91 Å². The molecule has 2 N–H and O–H groups in total. The van der Waals surface area contributed by atoms with Crippen molar-refractivity contribution in [1.82, 2.24) is 4.98 Å². The number of aromatic nitrogens is 1. The molecule has 0 radical (unpaired) electrons. The van der Waals surface area contributed by atoms with Gasteiger partial charge in [-0.2, -0.15) is 0 Å². The third-order valence-corrected chi connectivity index (χ3v) is 8.02. The number of rotatable bonds is 6. The molecule has 0 spiro atoms. The molecule has 40 heavy (non-hydrogen) atoms. The van der Waals surface area contributed by atoms with Crippen LogP contribution >= 0.6 is 11.3 Å². The number of fused-ring (bicyclic) bond motifs is 2. The average molecular weight is 559 g/mol. The van der Waals surface area contributed by atoms with Gasteiger partial charge in [0.25, 0.3) is 5.78 Å². The summed E-state index contributed by atoms with van der Waals surface area (Å²) in [6.07, 6.45) is 0.670. The van der Waals surface area contributed by atoms with E-state index >= 15 is 0 Å². The second-order valence-corrected chi connectivity index (χ2v) is 10.6. The lowest BCUT2D eigenvalue weighted by molar-refractivity contribution is -0.132. The topological polar surface area (TPSA) is 118 Å². The van der Waals surface area contributed by atoms with Gasteiger partial charge < -0.3 is 24.4 Å². The van der Waals surface area contributed by atoms with Crippen molar-refractivity contribution >= 4 is 44.1 Å². The van der Waals surface area contributed by atoms with Gasteiger partial charge in [-0.1, -0.05) is 17.4 Å². The standard InChI is InChI=1S/C30H26N2O7S/c1-4-38-23-13-16(5-9-21(23)33)26-25(27(34)17-6-10-22-18(12-17)11-15(2)39-22)28(35)29(36)32(26)30-31-20-8-7-19(37-3)14-24(20)40-30/h5-10,12-15,26,33-34H,4,11H2,1-3H3/t15-,26-/m0/s1. The Bertz CT molecular complexity index is 1710. The van der Waals surface area contributed by atoms with E-state index in [0.717, 1.165) is 16.0 Å². The molecule has 2 aliphatic heterocycles. The number of anilines is 1. The van der Waals surface area contributed by atoms with E-state index in [9.17, 15) is 19.8 Å². The SMILES string of the molecule is CCOc1cc([C@H]2C(=C(O)c3ccc4c(c3)C[C@H](C)O4)C(=O)C(=O)N2c2nc3ccc(OC)cc3s2)ccc1O. The van der Waals surface area contributed by atoms with Crippen molar-refractivity contribution in [3.05, 3.63) is 76.9 Å². The van der Waals surface area contributed by atoms with E-state index < -0.39 is 17.7 Å². The molecule has 204 valence electrons. The monoisotopic (exact) mass is 558 g/mol. The quantitative estimate of drug-likeness (QED) is 0.185. The smallest absolute Gasteiger partial charge is 0.301 e. The first-order valence-corrected chi connectivity index (χ1v) is 13.6. The fraction of sp³-hybridized carbons (Fsp3) is 0.233. The zero-order valence-electron chi connectivity index (χ0n) is 22.0. The van der Waals surface area contributed by atoms with Crippen LogP contribution in [0.2, 0.25) is 0 Å². The largest absolute Gasteiger partial charge is 0.507 e. The number of hydrogen-bond donors (Lipinski definition) is 2. The Hall–Kier alpha value is -4.57. The normalized spacial score (nSPS) is 19.6. The van der Waals surface area contributed by atoms with Crippen molar-refractivity contribution in [2.45, 2.75) is 32.4 Å². The van der Waals surface area contributed by atoms with Crippen LogP contribution in [0.3, 0.4) is 0 Å². The summed E-state index contributed by atoms with van der Waals surface area (Å²) in [5.41, 5.74) is 2.33. The molecule has 1 amide bonds. The van der Waals surface area contributed by atoms with E-state index in [-0.39, 0.29) is 34.1 Å². The molecule has 0 unspecified atom stereocenters. The van der Waals surface area contributed by atoms with E-state index in [2.05, 4.69) is 4.98 Å². The summed E-state index contributed by atoms with van der Waals surface area (Å²) in [4.78, 5) is 33.2. The molecule has 9 nitrogen and oxygen atoms in total. The Balaban J connectivity index is 1.54. The predicted octanol–water partition coefficient (Wildman–Crippen LogP) is 5.36. The second kappa shape index (κ2) is 9.87. The molecule has 3 heterocycles. The Morgan fingerprint density at radius 2 is 1.98 bits per heavy atom. The summed E-state index contributed by atoms with van der Waals surface area (Å²) < 4.78 is 17.5. The van der Waals surface area contributed by atoms with Crippen molar-refractivity contribution in [1.29, 1.82) is 0 Å². The molecule has 10 heteroatoms. The van der Waals surface area contributed by atoms with Gasteiger partial charge in [0, 0.05) is 12.0 Å². The van der Waals surface area contributed by atoms with Gasteiger partial charge in [0.1, 0.15) is 23.4 Å². The Morgan fingerprint density at radius 3 is 2.75 bits per heavy atom. The van der Waals surface area contributed by atoms with Crippen LogP contribution in [0.4, 0.5) is 5.13 Å². The van der Waals surface area contributed by atoms with Gasteiger partial charge in [-0.15, -0.1) is 0 Å². The number of aliphatic hydroxyl groups excluding tert-OH is 1. The lowest BCUT2D eigenvalue weighted by Crippen LogP contribution is -2.29. The fourth-order valence-electron chi connectivity index (χ4n) is 5.16. The van der Waals surface area contributed by atoms with E-state index in [1.54, 1.807) is 56.5 Å². The highest BCUT2D eigenvalue weighted by atomic mass is 32.1. The number of aliphatic hydroxyl groups is 1. The minimum Gasteiger partial charge on any atom is -0.507 e. The molecular formula is C30H26N2O7S. The zero-order valence-corrected chi connectivity index (χ0v) is 22.8. The highest BCUT2D eigenvalue weighted by Gasteiger charge is 2.48. The van der Waals surface area contributed by atoms with Gasteiger partial charge in [-0.3, -0.25) is 14.5 Å². The molecule has 0 bridgehead atoms. The molecule has 4 aromatic rings. The van der Waals surface area contributed by atoms with Crippen LogP contribution in [0.1, 0.15) is 36.6 Å². The first kappa shape index (κ1) is 25.7. The minimum atomic E-state index is -1.02. The lowest BCUT2D eigenvalue weighted by Gasteiger charge is -2.23. The number of phenolic OH excluding ortho intramolecular Hbond substituents is 1. The maximum atomic E-state index is 13.6. The van der Waals surface area contributed by atoms with Crippen molar-refractivity contribution < 1.29 is 34.0 Å². The molecular weight excluding hydrogens is 532 g/mol. The number of hydrogen-bond acceptors (Lipinski definition) is 9. The summed E-state index contributed by atoms with van der Waals surface area (Å²) in [5, 5.41) is 22.2. The van der Waals surface area contributed by atoms with Crippen molar-refractivity contribution in [2.24, 2.45) is 0 Å². The van der Waals surface area contributed by atoms with Crippen LogP contribution in [0.15, 0.2) is 60.2 Å². The number of aromatic hydroxyl groups is 1. The maximum absolute atomic E-state index is 13.6. The van der Waals surface area contributed by atoms with Crippen molar-refractivity contribution in [3.63, 3.8) is 0 Å². The number of benzene rings is 3. The van der Waals surface area contributed by atoms with Gasteiger partial charge in [0.2, 0.25) is 0 Å². The zero-order chi connectivity index (χ0) is 28.1. The number of nitrogens with zero attached hydrogens (tertiary/aromatic N) is 2. The van der Waals surface area contributed by atoms with E-state index in [1.807, 2.05) is 13.0 Å². The lowest BCUT2D eigenvalue weighted by atomic mass is 9.94. The van der Waals surface area contributed by atoms with Crippen LogP contribution in [0.5, 0.6) is 23.0 Å². The Labute approximate surface area is 233 Å². The second-order valence-electron chi connectivity index (χ2n) is 9.61. The minimum absolute atomic E-state index is 0.00428. The average Bonchev–Trinajstić information content (AvgIpc) is 3.61. The summed E-state index contributed by atoms with van der Waals surface area (Å²) in [6.45, 7) is 4.04. The Morgan fingerprint density at radius 1 is 1.15 bits per heavy atom. The summed E-state index contributed by atoms with van der Waals surface area (Å²) in [7, 11) is 1.56. The molecule has 6 rings (SSSR count). The van der Waals surface area contributed by atoms with Crippen LogP contribution in [-0.4, -0.2) is 46.7 Å². The predicted molar refractivity (Wildman–Crippen MR) is 150 cm³/mol. The highest BCUT2D eigenvalue weighted by molar-refractivity contribution is 7.22. The molecule has 1 saturated heterocycles. The number of carbonyl (C=O) groups is 2. The van der Waals surface area contributed by atoms with Gasteiger partial charge in [-0.25, -0.2) is 4.98 Å². The fourth-order valence-corrected chi connectivity index (χ4v) is 6.19. The maximum Gasteiger partial charge on any atom is 0.301 e. The molecule has 2 atom stereocenters.